The Hall–Kier alpha value is 1.51. The van der Waals surface area contributed by atoms with E-state index in [1.165, 1.54) is 90.4 Å². The van der Waals surface area contributed by atoms with Crippen LogP contribution in [0.1, 0.15) is 142 Å². The minimum atomic E-state index is -4.14. The van der Waals surface area contributed by atoms with Crippen LogP contribution in [0.4, 0.5) is 0 Å². The van der Waals surface area contributed by atoms with E-state index in [1.807, 2.05) is 0 Å². The van der Waals surface area contributed by atoms with E-state index in [9.17, 15) is 18.1 Å². The predicted octanol–water partition coefficient (Wildman–Crippen LogP) is 4.11. The number of aliphatic hydroxyl groups is 1. The van der Waals surface area contributed by atoms with Crippen LogP contribution in [0.25, 0.3) is 0 Å². The largest absolute Gasteiger partial charge is 1.00 e. The molecule has 4 nitrogen and oxygen atoms in total. The Balaban J connectivity index is 0. The zero-order chi connectivity index (χ0) is 21.8. The molecular weight excluding hydrogens is 423 g/mol. The van der Waals surface area contributed by atoms with Gasteiger partial charge in [-0.1, -0.05) is 116 Å². The number of unbranched alkanes of at least 4 members (excludes halogenated alkanes) is 15. The summed E-state index contributed by atoms with van der Waals surface area (Å²) < 4.78 is 32.5. The molecule has 0 aliphatic carbocycles. The van der Waals surface area contributed by atoms with Crippen LogP contribution in [0.5, 0.6) is 0 Å². The first-order valence-corrected chi connectivity index (χ1v) is 14.0. The van der Waals surface area contributed by atoms with Gasteiger partial charge in [-0.15, -0.1) is 0 Å². The van der Waals surface area contributed by atoms with E-state index in [1.54, 1.807) is 0 Å². The Kier molecular flexibility index (Phi) is 26.6. The first-order chi connectivity index (χ1) is 13.9. The van der Waals surface area contributed by atoms with Crippen molar-refractivity contribution in [3.05, 3.63) is 0 Å². The fourth-order valence-electron chi connectivity index (χ4n) is 3.85. The number of hydrogen-bond donors (Lipinski definition) is 1. The van der Waals surface area contributed by atoms with E-state index in [2.05, 4.69) is 6.92 Å². The zero-order valence-corrected chi connectivity index (χ0v) is 24.3. The first kappa shape index (κ1) is 33.7. The normalized spacial score (nSPS) is 13.7. The van der Waals surface area contributed by atoms with E-state index in [0.717, 1.165) is 38.5 Å². The molecule has 1 N–H and O–H groups in total. The van der Waals surface area contributed by atoms with Gasteiger partial charge in [0.05, 0.1) is 16.2 Å². The molecule has 0 aliphatic rings. The van der Waals surface area contributed by atoms with Crippen LogP contribution in [0, 0.1) is 0 Å². The molecule has 0 aromatic heterocycles. The summed E-state index contributed by atoms with van der Waals surface area (Å²) in [5.74, 6) is 0. The Morgan fingerprint density at radius 2 is 0.933 bits per heavy atom. The maximum absolute atomic E-state index is 10.8. The van der Waals surface area contributed by atoms with Gasteiger partial charge in [0.15, 0.2) is 0 Å². The molecule has 176 valence electrons. The number of hydrogen-bond acceptors (Lipinski definition) is 4. The summed E-state index contributed by atoms with van der Waals surface area (Å²) in [6, 6.07) is 0. The third-order valence-corrected chi connectivity index (χ3v) is 7.25. The topological polar surface area (TPSA) is 77.4 Å². The van der Waals surface area contributed by atoms with Crippen LogP contribution >= 0.6 is 0 Å². The summed E-state index contributed by atoms with van der Waals surface area (Å²) in [4.78, 5) is 0. The quantitative estimate of drug-likeness (QED) is 0.146. The average molecular weight is 473 g/mol. The van der Waals surface area contributed by atoms with Gasteiger partial charge in [0, 0.05) is 5.25 Å². The molecule has 0 amide bonds. The molecule has 0 rings (SSSR count). The van der Waals surface area contributed by atoms with Crippen molar-refractivity contribution in [2.45, 2.75) is 154 Å². The molecule has 30 heavy (non-hydrogen) atoms. The number of rotatable bonds is 22. The van der Waals surface area contributed by atoms with Crippen molar-refractivity contribution < 1.29 is 69.5 Å². The Morgan fingerprint density at radius 1 is 0.633 bits per heavy atom. The van der Waals surface area contributed by atoms with Crippen molar-refractivity contribution in [3.63, 3.8) is 0 Å². The minimum Gasteiger partial charge on any atom is -0.748 e. The van der Waals surface area contributed by atoms with Crippen molar-refractivity contribution in [3.8, 4) is 0 Å². The van der Waals surface area contributed by atoms with Gasteiger partial charge < -0.3 is 9.66 Å². The van der Waals surface area contributed by atoms with Gasteiger partial charge in [-0.2, -0.15) is 0 Å². The van der Waals surface area contributed by atoms with E-state index in [-0.39, 0.29) is 57.5 Å². The van der Waals surface area contributed by atoms with E-state index in [0.29, 0.717) is 6.42 Å². The monoisotopic (exact) mass is 472 g/mol. The summed E-state index contributed by atoms with van der Waals surface area (Å²) in [5.41, 5.74) is 0. The van der Waals surface area contributed by atoms with Crippen LogP contribution in [0.3, 0.4) is 0 Å². The summed E-state index contributed by atoms with van der Waals surface area (Å²) in [6.45, 7) is 3.75. The van der Waals surface area contributed by atoms with Gasteiger partial charge in [-0.3, -0.25) is 0 Å². The number of aliphatic hydroxyl groups excluding tert-OH is 1. The van der Waals surface area contributed by atoms with Gasteiger partial charge in [-0.25, -0.2) is 8.42 Å². The van der Waals surface area contributed by atoms with E-state index >= 15 is 0 Å². The Morgan fingerprint density at radius 3 is 1.30 bits per heavy atom. The molecular formula is C24H49KO4S. The van der Waals surface area contributed by atoms with Gasteiger partial charge in [0.25, 0.3) is 0 Å². The maximum Gasteiger partial charge on any atom is 1.00 e. The first-order valence-electron chi connectivity index (χ1n) is 12.5. The third kappa shape index (κ3) is 24.2. The molecule has 0 aliphatic heterocycles. The third-order valence-electron chi connectivity index (χ3n) is 6.03. The molecule has 0 fully saturated rings. The predicted molar refractivity (Wildman–Crippen MR) is 123 cm³/mol. The molecule has 2 atom stereocenters. The van der Waals surface area contributed by atoms with Gasteiger partial charge >= 0.3 is 51.4 Å². The fraction of sp³-hybridized carbons (Fsp3) is 1.00. The maximum atomic E-state index is 10.8. The summed E-state index contributed by atoms with van der Waals surface area (Å²) >= 11 is 0. The van der Waals surface area contributed by atoms with E-state index in [4.69, 9.17) is 0 Å². The average Bonchev–Trinajstić information content (AvgIpc) is 2.67. The second kappa shape index (κ2) is 23.7. The van der Waals surface area contributed by atoms with Crippen molar-refractivity contribution >= 4 is 10.1 Å². The molecule has 0 bridgehead atoms. The molecule has 0 aromatic rings. The molecule has 0 aromatic carbocycles. The van der Waals surface area contributed by atoms with Gasteiger partial charge in [0.2, 0.25) is 0 Å². The van der Waals surface area contributed by atoms with Crippen LogP contribution in [-0.2, 0) is 10.1 Å². The van der Waals surface area contributed by atoms with Crippen molar-refractivity contribution in [1.82, 2.24) is 0 Å². The van der Waals surface area contributed by atoms with Crippen LogP contribution in [0.2, 0.25) is 0 Å². The Labute approximate surface area is 230 Å². The second-order valence-corrected chi connectivity index (χ2v) is 10.8. The molecule has 0 saturated heterocycles. The smallest absolute Gasteiger partial charge is 0.748 e. The van der Waals surface area contributed by atoms with Crippen molar-refractivity contribution in [2.24, 2.45) is 0 Å². The summed E-state index contributed by atoms with van der Waals surface area (Å²) in [7, 11) is -4.14. The molecule has 0 radical (unpaired) electrons. The Bertz CT molecular complexity index is 442. The second-order valence-electron chi connectivity index (χ2n) is 8.98. The SMILES string of the molecule is CCCCCCCCCCCCCCCCC(O)CCCCCC(C)S(=O)(=O)[O-].[K+]. The minimum absolute atomic E-state index is 0. The molecule has 6 heteroatoms. The zero-order valence-electron chi connectivity index (χ0n) is 20.4. The van der Waals surface area contributed by atoms with Crippen LogP contribution in [-0.4, -0.2) is 29.4 Å². The van der Waals surface area contributed by atoms with E-state index < -0.39 is 15.4 Å². The standard InChI is InChI=1S/C24H50O4S.K/c1-3-4-5-6-7-8-9-10-11-12-13-14-15-18-21-24(25)22-19-16-17-20-23(2)29(26,27)28;/h23-25H,3-22H2,1-2H3,(H,26,27,28);/q;+1/p-1. The molecule has 2 unspecified atom stereocenters. The van der Waals surface area contributed by atoms with Crippen molar-refractivity contribution in [2.75, 3.05) is 0 Å². The summed E-state index contributed by atoms with van der Waals surface area (Å²) in [5, 5.41) is 9.24. The van der Waals surface area contributed by atoms with Gasteiger partial charge in [0.1, 0.15) is 0 Å². The summed E-state index contributed by atoms with van der Waals surface area (Å²) in [6.07, 6.45) is 23.3. The van der Waals surface area contributed by atoms with Gasteiger partial charge in [-0.05, 0) is 26.2 Å². The molecule has 0 spiro atoms. The van der Waals surface area contributed by atoms with Crippen molar-refractivity contribution in [1.29, 1.82) is 0 Å². The van der Waals surface area contributed by atoms with Crippen LogP contribution in [0.15, 0.2) is 0 Å². The fourth-order valence-corrected chi connectivity index (χ4v) is 4.31. The molecule has 0 saturated carbocycles. The van der Waals surface area contributed by atoms with Crippen LogP contribution < -0.4 is 51.4 Å². The molecule has 0 heterocycles.